The van der Waals surface area contributed by atoms with Gasteiger partial charge in [-0.25, -0.2) is 9.98 Å². The van der Waals surface area contributed by atoms with E-state index in [9.17, 15) is 0 Å². The van der Waals surface area contributed by atoms with E-state index in [1.54, 1.807) is 18.6 Å². The molecule has 4 heteroatoms. The van der Waals surface area contributed by atoms with E-state index < -0.39 is 0 Å². The maximum atomic E-state index is 4.52. The molecule has 0 saturated carbocycles. The van der Waals surface area contributed by atoms with Gasteiger partial charge in [-0.05, 0) is 43.6 Å². The van der Waals surface area contributed by atoms with Crippen LogP contribution in [-0.2, 0) is 5.41 Å². The van der Waals surface area contributed by atoms with Crippen molar-refractivity contribution in [3.8, 4) is 0 Å². The molecule has 1 aliphatic heterocycles. The second kappa shape index (κ2) is 9.11. The van der Waals surface area contributed by atoms with Gasteiger partial charge in [0.05, 0.1) is 0 Å². The summed E-state index contributed by atoms with van der Waals surface area (Å²) in [6.07, 6.45) is 9.07. The number of pyridine rings is 1. The fourth-order valence-electron chi connectivity index (χ4n) is 1.99. The van der Waals surface area contributed by atoms with E-state index in [1.807, 2.05) is 12.3 Å². The summed E-state index contributed by atoms with van der Waals surface area (Å²) in [5.41, 5.74) is 4.65. The molecule has 0 aromatic carbocycles. The topological polar surface area (TPSA) is 25.2 Å². The Kier molecular flexibility index (Phi) is 8.67. The highest BCUT2D eigenvalue weighted by molar-refractivity contribution is 7.79. The molecule has 0 N–H and O–H groups in total. The SMILES string of the molecule is C=C/C=C(\C)c1cnc2c(c1)C(C)(C)C(C)=N2.CS.CS. The third-order valence-electron chi connectivity index (χ3n) is 3.54. The lowest BCUT2D eigenvalue weighted by atomic mass is 9.82. The van der Waals surface area contributed by atoms with Gasteiger partial charge in [-0.3, -0.25) is 0 Å². The standard InChI is InChI=1S/C15H18N2.2CH4S/c1-6-7-10(2)12-8-13-14(16-9-12)17-11(3)15(13,4)5;2*1-2/h6-9H,1H2,2-5H3;2*2H,1H3/b10-7+;;. The lowest BCUT2D eigenvalue weighted by molar-refractivity contribution is 0.731. The van der Waals surface area contributed by atoms with Crippen LogP contribution < -0.4 is 0 Å². The van der Waals surface area contributed by atoms with E-state index in [0.29, 0.717) is 0 Å². The second-order valence-electron chi connectivity index (χ2n) is 5.00. The minimum Gasteiger partial charge on any atom is -0.237 e. The number of hydrogen-bond donors (Lipinski definition) is 2. The normalized spacial score (nSPS) is 14.9. The van der Waals surface area contributed by atoms with Crippen LogP contribution >= 0.6 is 25.3 Å². The molecule has 2 rings (SSSR count). The average Bonchev–Trinajstić information content (AvgIpc) is 2.73. The molecule has 2 heterocycles. The summed E-state index contributed by atoms with van der Waals surface area (Å²) in [6.45, 7) is 12.2. The Morgan fingerprint density at radius 2 is 1.81 bits per heavy atom. The smallest absolute Gasteiger partial charge is 0.155 e. The van der Waals surface area contributed by atoms with Gasteiger partial charge in [0, 0.05) is 22.9 Å². The summed E-state index contributed by atoms with van der Waals surface area (Å²) in [5, 5.41) is 0. The Labute approximate surface area is 140 Å². The first-order valence-corrected chi connectivity index (χ1v) is 8.51. The fraction of sp³-hybridized carbons (Fsp3) is 0.412. The van der Waals surface area contributed by atoms with Crippen LogP contribution in [-0.4, -0.2) is 23.2 Å². The van der Waals surface area contributed by atoms with Crippen molar-refractivity contribution in [2.45, 2.75) is 33.1 Å². The molecule has 0 spiro atoms. The quantitative estimate of drug-likeness (QED) is 0.571. The Morgan fingerprint density at radius 1 is 1.24 bits per heavy atom. The lowest BCUT2D eigenvalue weighted by Crippen LogP contribution is -2.22. The van der Waals surface area contributed by atoms with Crippen LogP contribution in [0, 0.1) is 0 Å². The van der Waals surface area contributed by atoms with Crippen LogP contribution in [0.1, 0.15) is 38.8 Å². The van der Waals surface area contributed by atoms with Crippen molar-refractivity contribution in [2.24, 2.45) is 4.99 Å². The lowest BCUT2D eigenvalue weighted by Gasteiger charge is -2.20. The van der Waals surface area contributed by atoms with Gasteiger partial charge in [-0.1, -0.05) is 32.6 Å². The van der Waals surface area contributed by atoms with Gasteiger partial charge in [-0.15, -0.1) is 0 Å². The molecule has 0 radical (unpaired) electrons. The molecule has 2 nitrogen and oxygen atoms in total. The van der Waals surface area contributed by atoms with Crippen LogP contribution in [0.3, 0.4) is 0 Å². The van der Waals surface area contributed by atoms with Gasteiger partial charge in [-0.2, -0.15) is 25.3 Å². The third-order valence-corrected chi connectivity index (χ3v) is 3.54. The van der Waals surface area contributed by atoms with Crippen LogP contribution in [0.2, 0.25) is 0 Å². The van der Waals surface area contributed by atoms with Gasteiger partial charge in [0.15, 0.2) is 5.82 Å². The molecule has 0 amide bonds. The van der Waals surface area contributed by atoms with Crippen molar-refractivity contribution in [3.05, 3.63) is 42.1 Å². The number of allylic oxidation sites excluding steroid dienone is 3. The summed E-state index contributed by atoms with van der Waals surface area (Å²) in [4.78, 5) is 8.96. The zero-order valence-corrected chi connectivity index (χ0v) is 15.6. The first kappa shape index (κ1) is 20.0. The third kappa shape index (κ3) is 4.48. The zero-order valence-electron chi connectivity index (χ0n) is 13.8. The molecule has 0 unspecified atom stereocenters. The van der Waals surface area contributed by atoms with Crippen molar-refractivity contribution < 1.29 is 0 Å². The summed E-state index contributed by atoms with van der Waals surface area (Å²) in [6, 6.07) is 2.19. The Morgan fingerprint density at radius 3 is 2.33 bits per heavy atom. The highest BCUT2D eigenvalue weighted by atomic mass is 32.1. The summed E-state index contributed by atoms with van der Waals surface area (Å²) >= 11 is 7.06. The molecule has 1 aromatic heterocycles. The second-order valence-corrected chi connectivity index (χ2v) is 5.00. The minimum atomic E-state index is -0.00714. The van der Waals surface area contributed by atoms with Crippen LogP contribution in [0.5, 0.6) is 0 Å². The van der Waals surface area contributed by atoms with Gasteiger partial charge >= 0.3 is 0 Å². The monoisotopic (exact) mass is 322 g/mol. The van der Waals surface area contributed by atoms with Crippen LogP contribution in [0.25, 0.3) is 5.57 Å². The molecular formula is C17H26N2S2. The first-order chi connectivity index (χ1) is 9.96. The van der Waals surface area contributed by atoms with Crippen LogP contribution in [0.4, 0.5) is 5.82 Å². The number of fused-ring (bicyclic) bond motifs is 1. The van der Waals surface area contributed by atoms with Crippen molar-refractivity contribution in [1.82, 2.24) is 4.98 Å². The highest BCUT2D eigenvalue weighted by Gasteiger charge is 2.33. The van der Waals surface area contributed by atoms with Crippen LogP contribution in [0.15, 0.2) is 36.0 Å². The number of aliphatic imine (C=N–C) groups is 1. The van der Waals surface area contributed by atoms with E-state index >= 15 is 0 Å². The Bertz CT molecular complexity index is 544. The molecule has 0 aliphatic carbocycles. The maximum absolute atomic E-state index is 4.52. The van der Waals surface area contributed by atoms with Gasteiger partial charge < -0.3 is 0 Å². The molecule has 0 atom stereocenters. The Balaban J connectivity index is 0.000000921. The summed E-state index contributed by atoms with van der Waals surface area (Å²) < 4.78 is 0. The minimum absolute atomic E-state index is 0.00714. The van der Waals surface area contributed by atoms with E-state index in [4.69, 9.17) is 0 Å². The summed E-state index contributed by atoms with van der Waals surface area (Å²) in [5.74, 6) is 0.864. The van der Waals surface area contributed by atoms with Crippen molar-refractivity contribution in [1.29, 1.82) is 0 Å². The molecule has 0 fully saturated rings. The number of thiol groups is 2. The zero-order chi connectivity index (χ0) is 16.6. The van der Waals surface area contributed by atoms with E-state index in [1.165, 1.54) is 11.1 Å². The number of nitrogens with zero attached hydrogens (tertiary/aromatic N) is 2. The van der Waals surface area contributed by atoms with Crippen molar-refractivity contribution in [2.75, 3.05) is 12.5 Å². The average molecular weight is 323 g/mol. The predicted molar refractivity (Wildman–Crippen MR) is 104 cm³/mol. The largest absolute Gasteiger partial charge is 0.237 e. The molecule has 0 bridgehead atoms. The number of aromatic nitrogens is 1. The highest BCUT2D eigenvalue weighted by Crippen LogP contribution is 2.39. The molecule has 21 heavy (non-hydrogen) atoms. The van der Waals surface area contributed by atoms with Gasteiger partial charge in [0.25, 0.3) is 0 Å². The van der Waals surface area contributed by atoms with Crippen molar-refractivity contribution in [3.63, 3.8) is 0 Å². The van der Waals surface area contributed by atoms with Gasteiger partial charge in [0.2, 0.25) is 0 Å². The number of hydrogen-bond acceptors (Lipinski definition) is 4. The first-order valence-electron chi connectivity index (χ1n) is 6.72. The van der Waals surface area contributed by atoms with E-state index in [-0.39, 0.29) is 5.41 Å². The van der Waals surface area contributed by atoms with E-state index in [0.717, 1.165) is 17.1 Å². The van der Waals surface area contributed by atoms with E-state index in [2.05, 4.69) is 75.6 Å². The predicted octanol–water partition coefficient (Wildman–Crippen LogP) is 5.15. The molecule has 116 valence electrons. The summed E-state index contributed by atoms with van der Waals surface area (Å²) in [7, 11) is 0. The fourth-order valence-corrected chi connectivity index (χ4v) is 1.99. The molecule has 1 aromatic rings. The molecule has 1 aliphatic rings. The van der Waals surface area contributed by atoms with Gasteiger partial charge in [0.1, 0.15) is 0 Å². The number of rotatable bonds is 2. The maximum Gasteiger partial charge on any atom is 0.155 e. The Hall–Kier alpha value is -1.000. The molecular weight excluding hydrogens is 296 g/mol. The van der Waals surface area contributed by atoms with Crippen molar-refractivity contribution >= 4 is 42.4 Å². The molecule has 0 saturated heterocycles.